The third-order valence-corrected chi connectivity index (χ3v) is 3.86. The Morgan fingerprint density at radius 1 is 0.833 bits per heavy atom. The lowest BCUT2D eigenvalue weighted by atomic mass is 10.5. The SMILES string of the molecule is Cc1nc(=S)c2[nH]c(=S)[nH]c2[nH]1.Cc1nc(Cl)c2[nH]c(Cl)nc2n1. The summed E-state index contributed by atoms with van der Waals surface area (Å²) < 4.78 is 1.09. The Kier molecular flexibility index (Phi) is 4.63. The van der Waals surface area contributed by atoms with Gasteiger partial charge in [0.15, 0.2) is 20.2 Å². The van der Waals surface area contributed by atoms with Crippen LogP contribution in [0.5, 0.6) is 0 Å². The van der Waals surface area contributed by atoms with Crippen molar-refractivity contribution in [3.63, 3.8) is 0 Å². The average molecular weight is 401 g/mol. The molecular formula is C12H10Cl2N8S2. The van der Waals surface area contributed by atoms with Gasteiger partial charge >= 0.3 is 0 Å². The Morgan fingerprint density at radius 3 is 2.33 bits per heavy atom. The highest BCUT2D eigenvalue weighted by atomic mass is 35.5. The molecule has 4 N–H and O–H groups in total. The number of aryl methyl sites for hydroxylation is 2. The Balaban J connectivity index is 0.000000141. The van der Waals surface area contributed by atoms with Crippen LogP contribution in [-0.2, 0) is 0 Å². The molecule has 4 aromatic rings. The first kappa shape index (κ1) is 17.0. The molecule has 24 heavy (non-hydrogen) atoms. The Hall–Kier alpha value is -1.88. The maximum Gasteiger partial charge on any atom is 0.202 e. The van der Waals surface area contributed by atoms with Crippen molar-refractivity contribution in [1.29, 1.82) is 0 Å². The Labute approximate surface area is 155 Å². The second-order valence-corrected chi connectivity index (χ2v) is 6.26. The fourth-order valence-corrected chi connectivity index (χ4v) is 2.91. The smallest absolute Gasteiger partial charge is 0.202 e. The van der Waals surface area contributed by atoms with E-state index in [1.165, 1.54) is 0 Å². The average Bonchev–Trinajstić information content (AvgIpc) is 3.01. The molecule has 0 fully saturated rings. The van der Waals surface area contributed by atoms with Gasteiger partial charge in [-0.1, -0.05) is 23.8 Å². The molecule has 4 rings (SSSR count). The summed E-state index contributed by atoms with van der Waals surface area (Å²) >= 11 is 21.3. The van der Waals surface area contributed by atoms with Crippen molar-refractivity contribution >= 4 is 70.0 Å². The van der Waals surface area contributed by atoms with E-state index in [4.69, 9.17) is 47.6 Å². The maximum absolute atomic E-state index is 5.79. The molecule has 124 valence electrons. The van der Waals surface area contributed by atoms with E-state index in [1.807, 2.05) is 6.92 Å². The van der Waals surface area contributed by atoms with Crippen molar-refractivity contribution in [2.75, 3.05) is 0 Å². The Bertz CT molecular complexity index is 1160. The standard InChI is InChI=1S/C6H4Cl2N4.C6H6N4S2/c1-2-9-4(7)3-5(10-2)12-6(8)11-3;1-2-7-4-3(5(11)8-2)9-6(12)10-4/h1H3,(H,9,10,11,12);1H3,(H3,7,8,9,10,11,12). The van der Waals surface area contributed by atoms with Gasteiger partial charge in [0.1, 0.15) is 28.3 Å². The zero-order chi connectivity index (χ0) is 17.4. The second kappa shape index (κ2) is 6.55. The lowest BCUT2D eigenvalue weighted by molar-refractivity contribution is 1.07. The zero-order valence-corrected chi connectivity index (χ0v) is 15.5. The molecule has 0 spiro atoms. The van der Waals surface area contributed by atoms with Gasteiger partial charge in [0.05, 0.1) is 0 Å². The minimum absolute atomic E-state index is 0.270. The molecule has 0 aliphatic heterocycles. The minimum Gasteiger partial charge on any atom is -0.328 e. The number of imidazole rings is 2. The molecule has 0 aliphatic rings. The number of H-pyrrole nitrogens is 4. The third-order valence-electron chi connectivity index (χ3n) is 2.91. The van der Waals surface area contributed by atoms with Crippen LogP contribution in [0.1, 0.15) is 11.6 Å². The summed E-state index contributed by atoms with van der Waals surface area (Å²) in [5.41, 5.74) is 2.64. The quantitative estimate of drug-likeness (QED) is 0.202. The number of aromatic amines is 4. The maximum atomic E-state index is 5.79. The van der Waals surface area contributed by atoms with Crippen LogP contribution in [0.4, 0.5) is 0 Å². The van der Waals surface area contributed by atoms with Crippen LogP contribution in [0.2, 0.25) is 10.4 Å². The summed E-state index contributed by atoms with van der Waals surface area (Å²) in [5, 5.41) is 0.615. The monoisotopic (exact) mass is 400 g/mol. The molecule has 0 saturated carbocycles. The van der Waals surface area contributed by atoms with Crippen molar-refractivity contribution < 1.29 is 0 Å². The number of nitrogens with one attached hydrogen (secondary N) is 4. The number of nitrogens with zero attached hydrogens (tertiary/aromatic N) is 4. The van der Waals surface area contributed by atoms with E-state index < -0.39 is 0 Å². The van der Waals surface area contributed by atoms with Crippen molar-refractivity contribution in [2.45, 2.75) is 13.8 Å². The normalized spacial score (nSPS) is 10.8. The van der Waals surface area contributed by atoms with E-state index in [0.717, 1.165) is 17.0 Å². The Morgan fingerprint density at radius 2 is 1.58 bits per heavy atom. The molecule has 4 heterocycles. The lowest BCUT2D eigenvalue weighted by Gasteiger charge is -1.92. The number of aromatic nitrogens is 8. The molecule has 0 radical (unpaired) electrons. The molecule has 0 aromatic carbocycles. The van der Waals surface area contributed by atoms with Crippen molar-refractivity contribution in [3.05, 3.63) is 31.5 Å². The fraction of sp³-hybridized carbons (Fsp3) is 0.167. The van der Waals surface area contributed by atoms with Gasteiger partial charge in [0.2, 0.25) is 5.28 Å². The molecule has 8 nitrogen and oxygen atoms in total. The molecule has 12 heteroatoms. The van der Waals surface area contributed by atoms with E-state index >= 15 is 0 Å². The van der Waals surface area contributed by atoms with Gasteiger partial charge in [-0.2, -0.15) is 4.98 Å². The largest absolute Gasteiger partial charge is 0.328 e. The van der Waals surface area contributed by atoms with Crippen LogP contribution >= 0.6 is 47.6 Å². The van der Waals surface area contributed by atoms with Gasteiger partial charge < -0.3 is 19.9 Å². The first-order chi connectivity index (χ1) is 11.3. The third kappa shape index (κ3) is 3.46. The van der Waals surface area contributed by atoms with Crippen molar-refractivity contribution in [1.82, 2.24) is 39.9 Å². The van der Waals surface area contributed by atoms with Crippen molar-refractivity contribution in [2.24, 2.45) is 0 Å². The first-order valence-corrected chi connectivity index (χ1v) is 8.15. The highest BCUT2D eigenvalue weighted by Crippen LogP contribution is 2.19. The summed E-state index contributed by atoms with van der Waals surface area (Å²) in [5.74, 6) is 1.36. The molecule has 0 atom stereocenters. The van der Waals surface area contributed by atoms with E-state index in [-0.39, 0.29) is 5.28 Å². The lowest BCUT2D eigenvalue weighted by Crippen LogP contribution is -1.88. The van der Waals surface area contributed by atoms with Gasteiger partial charge in [-0.3, -0.25) is 0 Å². The highest BCUT2D eigenvalue weighted by molar-refractivity contribution is 7.71. The van der Waals surface area contributed by atoms with Crippen LogP contribution in [0, 0.1) is 23.3 Å². The summed E-state index contributed by atoms with van der Waals surface area (Å²) in [6.07, 6.45) is 0. The van der Waals surface area contributed by atoms with Crippen molar-refractivity contribution in [3.8, 4) is 0 Å². The molecule has 0 aliphatic carbocycles. The number of hydrogen-bond acceptors (Lipinski definition) is 6. The van der Waals surface area contributed by atoms with Gasteiger partial charge in [0.25, 0.3) is 0 Å². The summed E-state index contributed by atoms with van der Waals surface area (Å²) in [6, 6.07) is 0. The summed E-state index contributed by atoms with van der Waals surface area (Å²) in [6.45, 7) is 3.59. The number of rotatable bonds is 0. The van der Waals surface area contributed by atoms with Gasteiger partial charge in [0, 0.05) is 0 Å². The van der Waals surface area contributed by atoms with E-state index in [9.17, 15) is 0 Å². The van der Waals surface area contributed by atoms with E-state index in [1.54, 1.807) is 6.92 Å². The predicted octanol–water partition coefficient (Wildman–Crippen LogP) is 3.95. The van der Waals surface area contributed by atoms with Crippen LogP contribution in [0.15, 0.2) is 0 Å². The predicted molar refractivity (Wildman–Crippen MR) is 97.6 cm³/mol. The minimum atomic E-state index is 0.270. The van der Waals surface area contributed by atoms with E-state index in [0.29, 0.717) is 31.6 Å². The van der Waals surface area contributed by atoms with Gasteiger partial charge in [-0.05, 0) is 37.7 Å². The second-order valence-electron chi connectivity index (χ2n) is 4.74. The number of halogens is 2. The number of fused-ring (bicyclic) bond motifs is 2. The highest BCUT2D eigenvalue weighted by Gasteiger charge is 2.07. The van der Waals surface area contributed by atoms with Crippen LogP contribution in [-0.4, -0.2) is 39.9 Å². The van der Waals surface area contributed by atoms with Crippen LogP contribution in [0.3, 0.4) is 0 Å². The molecule has 0 bridgehead atoms. The van der Waals surface area contributed by atoms with Gasteiger partial charge in [-0.15, -0.1) is 0 Å². The van der Waals surface area contributed by atoms with Crippen LogP contribution < -0.4 is 0 Å². The molecule has 4 aromatic heterocycles. The fourth-order valence-electron chi connectivity index (χ4n) is 1.99. The molecule has 0 amide bonds. The first-order valence-electron chi connectivity index (χ1n) is 6.58. The van der Waals surface area contributed by atoms with Crippen LogP contribution in [0.25, 0.3) is 22.3 Å². The van der Waals surface area contributed by atoms with Gasteiger partial charge in [-0.25, -0.2) is 15.0 Å². The molecule has 0 unspecified atom stereocenters. The molecule has 0 saturated heterocycles. The zero-order valence-electron chi connectivity index (χ0n) is 12.4. The molecular weight excluding hydrogens is 391 g/mol. The number of hydrogen-bond donors (Lipinski definition) is 4. The summed E-state index contributed by atoms with van der Waals surface area (Å²) in [7, 11) is 0. The van der Waals surface area contributed by atoms with E-state index in [2.05, 4.69) is 39.9 Å². The topological polar surface area (TPSA) is 115 Å². The summed E-state index contributed by atoms with van der Waals surface area (Å²) in [4.78, 5) is 27.6.